The number of carbonyl (C=O) groups is 1. The first-order chi connectivity index (χ1) is 10.6. The minimum absolute atomic E-state index is 0.266. The van der Waals surface area contributed by atoms with Gasteiger partial charge in [0.1, 0.15) is 5.56 Å². The summed E-state index contributed by atoms with van der Waals surface area (Å²) in [6, 6.07) is 9.50. The zero-order valence-electron chi connectivity index (χ0n) is 12.6. The lowest BCUT2D eigenvalue weighted by molar-refractivity contribution is 0.102. The van der Waals surface area contributed by atoms with Crippen molar-refractivity contribution in [3.05, 3.63) is 47.8 Å². The highest BCUT2D eigenvalue weighted by molar-refractivity contribution is 6.09. The Bertz CT molecular complexity index is 854. The number of nitrogens with one attached hydrogen (secondary N) is 1. The number of fused-ring (bicyclic) bond motifs is 1. The fourth-order valence-corrected chi connectivity index (χ4v) is 2.33. The van der Waals surface area contributed by atoms with Gasteiger partial charge in [0.15, 0.2) is 0 Å². The second-order valence-electron chi connectivity index (χ2n) is 5.00. The van der Waals surface area contributed by atoms with E-state index in [0.29, 0.717) is 17.1 Å². The molecule has 0 aliphatic heterocycles. The molecule has 0 spiro atoms. The van der Waals surface area contributed by atoms with E-state index in [0.717, 1.165) is 16.6 Å². The highest BCUT2D eigenvalue weighted by atomic mass is 16.5. The molecular formula is C16H16N4O2. The second kappa shape index (κ2) is 5.48. The Morgan fingerprint density at radius 3 is 2.86 bits per heavy atom. The van der Waals surface area contributed by atoms with Crippen molar-refractivity contribution in [2.75, 3.05) is 12.4 Å². The number of hydrogen-bond donors (Lipinski definition) is 1. The van der Waals surface area contributed by atoms with Crippen LogP contribution in [-0.4, -0.2) is 27.8 Å². The number of rotatable bonds is 3. The van der Waals surface area contributed by atoms with E-state index in [1.54, 1.807) is 17.9 Å². The lowest BCUT2D eigenvalue weighted by atomic mass is 10.1. The summed E-state index contributed by atoms with van der Waals surface area (Å²) in [6.07, 6.45) is 1.63. The van der Waals surface area contributed by atoms with E-state index in [4.69, 9.17) is 4.74 Å². The van der Waals surface area contributed by atoms with Crippen molar-refractivity contribution in [2.45, 2.75) is 6.92 Å². The van der Waals surface area contributed by atoms with Crippen molar-refractivity contribution in [2.24, 2.45) is 7.05 Å². The van der Waals surface area contributed by atoms with Crippen LogP contribution in [0.1, 0.15) is 16.1 Å². The van der Waals surface area contributed by atoms with Gasteiger partial charge in [-0.3, -0.25) is 14.5 Å². The normalized spacial score (nSPS) is 10.7. The molecule has 6 nitrogen and oxygen atoms in total. The summed E-state index contributed by atoms with van der Waals surface area (Å²) >= 11 is 0. The Hall–Kier alpha value is -2.89. The summed E-state index contributed by atoms with van der Waals surface area (Å²) in [5, 5.41) is 7.88. The summed E-state index contributed by atoms with van der Waals surface area (Å²) in [4.78, 5) is 16.9. The number of ether oxygens (including phenoxy) is 1. The number of aromatic nitrogens is 3. The van der Waals surface area contributed by atoms with Crippen molar-refractivity contribution in [1.82, 2.24) is 14.8 Å². The summed E-state index contributed by atoms with van der Waals surface area (Å²) in [5.74, 6) is 0.0345. The quantitative estimate of drug-likeness (QED) is 0.806. The minimum Gasteiger partial charge on any atom is -0.479 e. The molecule has 6 heteroatoms. The number of anilines is 1. The Morgan fingerprint density at radius 1 is 1.27 bits per heavy atom. The minimum atomic E-state index is -0.266. The molecule has 1 amide bonds. The van der Waals surface area contributed by atoms with Crippen LogP contribution in [0.3, 0.4) is 0 Å². The van der Waals surface area contributed by atoms with Gasteiger partial charge in [-0.1, -0.05) is 6.07 Å². The van der Waals surface area contributed by atoms with Gasteiger partial charge in [-0.25, -0.2) is 0 Å². The van der Waals surface area contributed by atoms with Gasteiger partial charge in [0, 0.05) is 24.3 Å². The molecule has 22 heavy (non-hydrogen) atoms. The number of benzene rings is 1. The number of aryl methyl sites for hydroxylation is 2. The Kier molecular flexibility index (Phi) is 3.50. The molecule has 1 aromatic carbocycles. The van der Waals surface area contributed by atoms with Crippen LogP contribution in [0.4, 0.5) is 5.69 Å². The van der Waals surface area contributed by atoms with Gasteiger partial charge >= 0.3 is 0 Å². The average Bonchev–Trinajstić information content (AvgIpc) is 2.88. The molecule has 0 bridgehead atoms. The molecular weight excluding hydrogens is 280 g/mol. The van der Waals surface area contributed by atoms with Crippen LogP contribution in [0.25, 0.3) is 10.9 Å². The van der Waals surface area contributed by atoms with Gasteiger partial charge in [0.25, 0.3) is 5.91 Å². The third-order valence-electron chi connectivity index (χ3n) is 3.35. The molecule has 2 heterocycles. The third kappa shape index (κ3) is 2.50. The zero-order valence-corrected chi connectivity index (χ0v) is 12.6. The molecule has 1 N–H and O–H groups in total. The number of methoxy groups -OCH3 is 1. The summed E-state index contributed by atoms with van der Waals surface area (Å²) in [7, 11) is 3.23. The highest BCUT2D eigenvalue weighted by Crippen LogP contribution is 2.24. The molecule has 2 aromatic heterocycles. The van der Waals surface area contributed by atoms with E-state index in [-0.39, 0.29) is 5.91 Å². The van der Waals surface area contributed by atoms with Crippen LogP contribution < -0.4 is 10.1 Å². The standard InChI is InChI=1S/C16H16N4O2/c1-10-7-8-11-13(17-10)5-4-6-14(11)18-15(21)12-9-20(2)19-16(12)22-3/h4-9H,1-3H3,(H,18,21). The largest absolute Gasteiger partial charge is 0.479 e. The molecule has 112 valence electrons. The van der Waals surface area contributed by atoms with E-state index in [1.807, 2.05) is 37.3 Å². The van der Waals surface area contributed by atoms with Gasteiger partial charge in [0.2, 0.25) is 5.88 Å². The molecule has 3 rings (SSSR count). The molecule has 0 aliphatic carbocycles. The average molecular weight is 296 g/mol. The van der Waals surface area contributed by atoms with E-state index in [1.165, 1.54) is 7.11 Å². The third-order valence-corrected chi connectivity index (χ3v) is 3.35. The zero-order chi connectivity index (χ0) is 15.7. The van der Waals surface area contributed by atoms with Crippen LogP contribution in [0.2, 0.25) is 0 Å². The monoisotopic (exact) mass is 296 g/mol. The molecule has 0 saturated heterocycles. The van der Waals surface area contributed by atoms with Crippen LogP contribution in [0.5, 0.6) is 5.88 Å². The SMILES string of the molecule is COc1nn(C)cc1C(=O)Nc1cccc2nc(C)ccc12. The van der Waals surface area contributed by atoms with E-state index < -0.39 is 0 Å². The molecule has 0 atom stereocenters. The first kappa shape index (κ1) is 14.1. The maximum Gasteiger partial charge on any atom is 0.262 e. The van der Waals surface area contributed by atoms with Gasteiger partial charge in [0.05, 0.1) is 18.3 Å². The van der Waals surface area contributed by atoms with Crippen molar-refractivity contribution < 1.29 is 9.53 Å². The Balaban J connectivity index is 1.97. The fourth-order valence-electron chi connectivity index (χ4n) is 2.33. The fraction of sp³-hybridized carbons (Fsp3) is 0.188. The Labute approximate surface area is 127 Å². The molecule has 3 aromatic rings. The molecule has 0 saturated carbocycles. The van der Waals surface area contributed by atoms with Crippen LogP contribution in [0.15, 0.2) is 36.5 Å². The van der Waals surface area contributed by atoms with E-state index in [9.17, 15) is 4.79 Å². The van der Waals surface area contributed by atoms with Gasteiger partial charge in [-0.15, -0.1) is 5.10 Å². The molecule has 0 radical (unpaired) electrons. The summed E-state index contributed by atoms with van der Waals surface area (Å²) in [5.41, 5.74) is 2.88. The van der Waals surface area contributed by atoms with Crippen molar-refractivity contribution in [3.8, 4) is 5.88 Å². The lowest BCUT2D eigenvalue weighted by Crippen LogP contribution is -2.12. The molecule has 0 fully saturated rings. The van der Waals surface area contributed by atoms with Crippen LogP contribution in [0, 0.1) is 6.92 Å². The first-order valence-electron chi connectivity index (χ1n) is 6.84. The smallest absolute Gasteiger partial charge is 0.262 e. The predicted octanol–water partition coefficient (Wildman–Crippen LogP) is 2.54. The number of hydrogen-bond acceptors (Lipinski definition) is 4. The van der Waals surface area contributed by atoms with Crippen molar-refractivity contribution in [3.63, 3.8) is 0 Å². The van der Waals surface area contributed by atoms with Crippen LogP contribution >= 0.6 is 0 Å². The topological polar surface area (TPSA) is 69.0 Å². The first-order valence-corrected chi connectivity index (χ1v) is 6.84. The highest BCUT2D eigenvalue weighted by Gasteiger charge is 2.17. The number of carbonyl (C=O) groups excluding carboxylic acids is 1. The van der Waals surface area contributed by atoms with Gasteiger partial charge < -0.3 is 10.1 Å². The van der Waals surface area contributed by atoms with Crippen molar-refractivity contribution >= 4 is 22.5 Å². The van der Waals surface area contributed by atoms with Crippen molar-refractivity contribution in [1.29, 1.82) is 0 Å². The Morgan fingerprint density at radius 2 is 2.09 bits per heavy atom. The number of nitrogens with zero attached hydrogens (tertiary/aromatic N) is 3. The van der Waals surface area contributed by atoms with E-state index >= 15 is 0 Å². The van der Waals surface area contributed by atoms with E-state index in [2.05, 4.69) is 15.4 Å². The number of amides is 1. The van der Waals surface area contributed by atoms with Crippen LogP contribution in [-0.2, 0) is 7.05 Å². The maximum absolute atomic E-state index is 12.5. The lowest BCUT2D eigenvalue weighted by Gasteiger charge is -2.08. The predicted molar refractivity (Wildman–Crippen MR) is 84.2 cm³/mol. The number of pyridine rings is 1. The second-order valence-corrected chi connectivity index (χ2v) is 5.00. The van der Waals surface area contributed by atoms with Gasteiger partial charge in [-0.05, 0) is 31.2 Å². The van der Waals surface area contributed by atoms with Gasteiger partial charge in [-0.2, -0.15) is 0 Å². The summed E-state index contributed by atoms with van der Waals surface area (Å²) < 4.78 is 6.67. The maximum atomic E-state index is 12.5. The molecule has 0 unspecified atom stereocenters. The summed E-state index contributed by atoms with van der Waals surface area (Å²) in [6.45, 7) is 1.94. The molecule has 0 aliphatic rings.